The largest absolute Gasteiger partial charge is 0.494 e. The maximum atomic E-state index is 13.4. The van der Waals surface area contributed by atoms with E-state index < -0.39 is 5.92 Å². The summed E-state index contributed by atoms with van der Waals surface area (Å²) in [6, 6.07) is 16.7. The monoisotopic (exact) mass is 409 g/mol. The van der Waals surface area contributed by atoms with E-state index in [-0.39, 0.29) is 17.9 Å². The fraction of sp³-hybridized carbons (Fsp3) is 0.440. The molecule has 30 heavy (non-hydrogen) atoms. The minimum absolute atomic E-state index is 0.0513. The van der Waals surface area contributed by atoms with Crippen LogP contribution in [0.1, 0.15) is 60.9 Å². The maximum Gasteiger partial charge on any atom is 0.315 e. The highest BCUT2D eigenvalue weighted by Gasteiger charge is 2.38. The van der Waals surface area contributed by atoms with E-state index in [1.54, 1.807) is 0 Å². The molecule has 0 N–H and O–H groups in total. The average Bonchev–Trinajstić information content (AvgIpc) is 2.80. The van der Waals surface area contributed by atoms with Crippen molar-refractivity contribution in [2.45, 2.75) is 51.0 Å². The molecule has 0 spiro atoms. The number of piperidine rings is 1. The van der Waals surface area contributed by atoms with Gasteiger partial charge in [-0.1, -0.05) is 43.7 Å². The number of nitrogens with zero attached hydrogens (tertiary/aromatic N) is 1. The SMILES string of the molecule is CCCCOc1ccc(C(=O)N2CCCCC2C(C(=O)OC)c2ccccc2)cc1. The van der Waals surface area contributed by atoms with Crippen LogP contribution in [0.15, 0.2) is 54.6 Å². The Morgan fingerprint density at radius 2 is 1.80 bits per heavy atom. The fourth-order valence-corrected chi connectivity index (χ4v) is 4.05. The van der Waals surface area contributed by atoms with Crippen molar-refractivity contribution in [1.82, 2.24) is 4.90 Å². The first-order chi connectivity index (χ1) is 14.7. The third-order valence-corrected chi connectivity index (χ3v) is 5.68. The lowest BCUT2D eigenvalue weighted by Gasteiger charge is -2.39. The second-order valence-corrected chi connectivity index (χ2v) is 7.70. The number of ether oxygens (including phenoxy) is 2. The van der Waals surface area contributed by atoms with Crippen molar-refractivity contribution in [1.29, 1.82) is 0 Å². The zero-order valence-electron chi connectivity index (χ0n) is 17.9. The first kappa shape index (κ1) is 21.9. The van der Waals surface area contributed by atoms with E-state index in [1.807, 2.05) is 59.5 Å². The molecular formula is C25H31NO4. The summed E-state index contributed by atoms with van der Waals surface area (Å²) in [5, 5.41) is 0. The lowest BCUT2D eigenvalue weighted by atomic mass is 9.84. The molecule has 2 atom stereocenters. The molecule has 5 heteroatoms. The van der Waals surface area contributed by atoms with Crippen molar-refractivity contribution in [3.05, 3.63) is 65.7 Å². The van der Waals surface area contributed by atoms with Gasteiger partial charge >= 0.3 is 5.97 Å². The summed E-state index contributed by atoms with van der Waals surface area (Å²) >= 11 is 0. The molecule has 1 aliphatic rings. The Hall–Kier alpha value is -2.82. The molecule has 1 heterocycles. The molecule has 160 valence electrons. The standard InChI is InChI=1S/C25H31NO4/c1-3-4-18-30-21-15-13-20(14-16-21)24(27)26-17-9-8-12-22(26)23(25(28)29-2)19-10-6-5-7-11-19/h5-7,10-11,13-16,22-23H,3-4,8-9,12,17-18H2,1-2H3. The lowest BCUT2D eigenvalue weighted by Crippen LogP contribution is -2.48. The van der Waals surface area contributed by atoms with Crippen LogP contribution in [0.3, 0.4) is 0 Å². The molecule has 0 bridgehead atoms. The number of esters is 1. The van der Waals surface area contributed by atoms with Gasteiger partial charge in [0.1, 0.15) is 11.7 Å². The van der Waals surface area contributed by atoms with Gasteiger partial charge in [-0.3, -0.25) is 9.59 Å². The quantitative estimate of drug-likeness (QED) is 0.463. The Bertz CT molecular complexity index is 819. The van der Waals surface area contributed by atoms with Crippen molar-refractivity contribution in [2.24, 2.45) is 0 Å². The first-order valence-corrected chi connectivity index (χ1v) is 10.8. The number of methoxy groups -OCH3 is 1. The van der Waals surface area contributed by atoms with Gasteiger partial charge in [-0.2, -0.15) is 0 Å². The van der Waals surface area contributed by atoms with Gasteiger partial charge in [0.25, 0.3) is 5.91 Å². The number of rotatable bonds is 8. The summed E-state index contributed by atoms with van der Waals surface area (Å²) in [6.07, 6.45) is 4.78. The van der Waals surface area contributed by atoms with Gasteiger partial charge in [0.2, 0.25) is 0 Å². The molecule has 0 radical (unpaired) electrons. The lowest BCUT2D eigenvalue weighted by molar-refractivity contribution is -0.144. The van der Waals surface area contributed by atoms with Crippen LogP contribution in [-0.4, -0.2) is 43.1 Å². The van der Waals surface area contributed by atoms with E-state index in [2.05, 4.69) is 6.92 Å². The zero-order chi connectivity index (χ0) is 21.3. The minimum Gasteiger partial charge on any atom is -0.494 e. The van der Waals surface area contributed by atoms with E-state index in [4.69, 9.17) is 9.47 Å². The highest BCUT2D eigenvalue weighted by atomic mass is 16.5. The molecule has 0 aromatic heterocycles. The summed E-state index contributed by atoms with van der Waals surface area (Å²) in [5.41, 5.74) is 1.50. The summed E-state index contributed by atoms with van der Waals surface area (Å²) in [5.74, 6) is -0.0702. The van der Waals surface area contributed by atoms with Gasteiger partial charge in [0.15, 0.2) is 0 Å². The molecule has 1 aliphatic heterocycles. The predicted octanol–water partition coefficient (Wildman–Crippen LogP) is 4.82. The zero-order valence-corrected chi connectivity index (χ0v) is 17.9. The number of likely N-dealkylation sites (tertiary alicyclic amines) is 1. The number of unbranched alkanes of at least 4 members (excludes halogenated alkanes) is 1. The summed E-state index contributed by atoms with van der Waals surface area (Å²) in [7, 11) is 1.41. The van der Waals surface area contributed by atoms with Crippen molar-refractivity contribution in [3.63, 3.8) is 0 Å². The summed E-state index contributed by atoms with van der Waals surface area (Å²) in [4.78, 5) is 27.9. The summed E-state index contributed by atoms with van der Waals surface area (Å²) < 4.78 is 10.8. The smallest absolute Gasteiger partial charge is 0.315 e. The van der Waals surface area contributed by atoms with E-state index in [9.17, 15) is 9.59 Å². The Balaban J connectivity index is 1.81. The number of hydrogen-bond donors (Lipinski definition) is 0. The van der Waals surface area contributed by atoms with Crippen LogP contribution in [0.5, 0.6) is 5.75 Å². The molecule has 2 unspecified atom stereocenters. The minimum atomic E-state index is -0.489. The van der Waals surface area contributed by atoms with Gasteiger partial charge in [-0.25, -0.2) is 0 Å². The molecular weight excluding hydrogens is 378 g/mol. The number of benzene rings is 2. The van der Waals surface area contributed by atoms with E-state index in [0.717, 1.165) is 43.4 Å². The van der Waals surface area contributed by atoms with Gasteiger partial charge < -0.3 is 14.4 Å². The fourth-order valence-electron chi connectivity index (χ4n) is 4.05. The number of hydrogen-bond acceptors (Lipinski definition) is 4. The van der Waals surface area contributed by atoms with Crippen LogP contribution in [-0.2, 0) is 9.53 Å². The van der Waals surface area contributed by atoms with E-state index in [1.165, 1.54) is 7.11 Å². The molecule has 1 saturated heterocycles. The number of carbonyl (C=O) groups is 2. The molecule has 2 aromatic carbocycles. The Kier molecular flexibility index (Phi) is 7.89. The normalized spacial score (nSPS) is 17.3. The predicted molar refractivity (Wildman–Crippen MR) is 117 cm³/mol. The van der Waals surface area contributed by atoms with Crippen LogP contribution in [0, 0.1) is 0 Å². The number of amides is 1. The van der Waals surface area contributed by atoms with Gasteiger partial charge in [-0.05, 0) is 55.5 Å². The van der Waals surface area contributed by atoms with Crippen molar-refractivity contribution in [2.75, 3.05) is 20.3 Å². The molecule has 1 amide bonds. The topological polar surface area (TPSA) is 55.8 Å². The second-order valence-electron chi connectivity index (χ2n) is 7.70. The molecule has 0 saturated carbocycles. The molecule has 1 fully saturated rings. The second kappa shape index (κ2) is 10.8. The van der Waals surface area contributed by atoms with Crippen molar-refractivity contribution < 1.29 is 19.1 Å². The van der Waals surface area contributed by atoms with Gasteiger partial charge in [0, 0.05) is 18.2 Å². The first-order valence-electron chi connectivity index (χ1n) is 10.8. The van der Waals surface area contributed by atoms with Crippen LogP contribution in [0.4, 0.5) is 0 Å². The molecule has 2 aromatic rings. The van der Waals surface area contributed by atoms with Crippen LogP contribution >= 0.6 is 0 Å². The highest BCUT2D eigenvalue weighted by Crippen LogP contribution is 2.32. The average molecular weight is 410 g/mol. The van der Waals surface area contributed by atoms with Crippen molar-refractivity contribution >= 4 is 11.9 Å². The van der Waals surface area contributed by atoms with Gasteiger partial charge in [0.05, 0.1) is 13.7 Å². The van der Waals surface area contributed by atoms with Crippen LogP contribution in [0.2, 0.25) is 0 Å². The Morgan fingerprint density at radius 1 is 1.07 bits per heavy atom. The highest BCUT2D eigenvalue weighted by molar-refractivity contribution is 5.95. The molecule has 3 rings (SSSR count). The molecule has 0 aliphatic carbocycles. The van der Waals surface area contributed by atoms with E-state index in [0.29, 0.717) is 18.7 Å². The third kappa shape index (κ3) is 5.21. The van der Waals surface area contributed by atoms with Crippen molar-refractivity contribution in [3.8, 4) is 5.75 Å². The van der Waals surface area contributed by atoms with E-state index >= 15 is 0 Å². The molecule has 5 nitrogen and oxygen atoms in total. The third-order valence-electron chi connectivity index (χ3n) is 5.68. The summed E-state index contributed by atoms with van der Waals surface area (Å²) in [6.45, 7) is 3.44. The van der Waals surface area contributed by atoms with Gasteiger partial charge in [-0.15, -0.1) is 0 Å². The Morgan fingerprint density at radius 3 is 2.47 bits per heavy atom. The van der Waals surface area contributed by atoms with Crippen LogP contribution < -0.4 is 4.74 Å². The number of carbonyl (C=O) groups excluding carboxylic acids is 2. The van der Waals surface area contributed by atoms with Crippen LogP contribution in [0.25, 0.3) is 0 Å². The Labute approximate surface area is 179 Å². The maximum absolute atomic E-state index is 13.4.